The fourth-order valence-corrected chi connectivity index (χ4v) is 17.7. The van der Waals surface area contributed by atoms with E-state index < -0.39 is 0 Å². The Labute approximate surface area is 475 Å². The summed E-state index contributed by atoms with van der Waals surface area (Å²) in [6.45, 7) is 30.0. The van der Waals surface area contributed by atoms with E-state index in [1.165, 1.54) is 132 Å². The van der Waals surface area contributed by atoms with E-state index in [-0.39, 0.29) is 44.7 Å². The topological polar surface area (TPSA) is 22.9 Å². The average Bonchev–Trinajstić information content (AvgIpc) is 1.81. The van der Waals surface area contributed by atoms with Crippen molar-refractivity contribution in [2.75, 3.05) is 14.7 Å². The maximum absolute atomic E-state index is 6.89. The van der Waals surface area contributed by atoms with Crippen molar-refractivity contribution in [2.24, 2.45) is 0 Å². The molecule has 0 radical (unpaired) electrons. The maximum Gasteiger partial charge on any atom is 0.252 e. The number of fused-ring (bicyclic) bond motifs is 16. The normalized spacial score (nSPS) is 23.4. The molecule has 0 saturated heterocycles. The van der Waals surface area contributed by atoms with E-state index in [1.807, 2.05) is 0 Å². The highest BCUT2D eigenvalue weighted by atomic mass is 16.3. The summed E-state index contributed by atoms with van der Waals surface area (Å²) in [5.74, 6) is 0. The van der Waals surface area contributed by atoms with Gasteiger partial charge < -0.3 is 19.1 Å². The third-order valence-corrected chi connectivity index (χ3v) is 22.7. The minimum absolute atomic E-state index is 0.00341. The van der Waals surface area contributed by atoms with Gasteiger partial charge in [0.15, 0.2) is 0 Å². The van der Waals surface area contributed by atoms with Gasteiger partial charge in [0.2, 0.25) is 0 Å². The van der Waals surface area contributed by atoms with Gasteiger partial charge in [-0.2, -0.15) is 0 Å². The summed E-state index contributed by atoms with van der Waals surface area (Å²) in [5.41, 5.74) is 28.8. The highest BCUT2D eigenvalue weighted by Gasteiger charge is 2.58. The molecule has 4 nitrogen and oxygen atoms in total. The monoisotopic (exact) mass is 1050 g/mol. The zero-order chi connectivity index (χ0) is 55.0. The predicted molar refractivity (Wildman–Crippen MR) is 339 cm³/mol. The third kappa shape index (κ3) is 6.15. The van der Waals surface area contributed by atoms with Gasteiger partial charge in [-0.25, -0.2) is 0 Å². The molecule has 9 aromatic rings. The van der Waals surface area contributed by atoms with Gasteiger partial charge in [-0.3, -0.25) is 0 Å². The molecule has 1 fully saturated rings. The molecule has 7 aliphatic rings. The molecule has 0 amide bonds. The van der Waals surface area contributed by atoms with Crippen molar-refractivity contribution in [1.29, 1.82) is 0 Å². The molecule has 400 valence electrons. The summed E-state index contributed by atoms with van der Waals surface area (Å²) in [5, 5.41) is 2.29. The van der Waals surface area contributed by atoms with Crippen molar-refractivity contribution >= 4 is 90.5 Å². The van der Waals surface area contributed by atoms with Crippen LogP contribution < -0.4 is 31.1 Å². The summed E-state index contributed by atoms with van der Waals surface area (Å²) >= 11 is 0. The first kappa shape index (κ1) is 48.9. The van der Waals surface area contributed by atoms with E-state index in [0.717, 1.165) is 53.3 Å². The van der Waals surface area contributed by atoms with Crippen molar-refractivity contribution in [3.63, 3.8) is 0 Å². The molecule has 0 bridgehead atoms. The molecule has 1 saturated carbocycles. The zero-order valence-electron chi connectivity index (χ0n) is 49.3. The van der Waals surface area contributed by atoms with Gasteiger partial charge >= 0.3 is 0 Å². The van der Waals surface area contributed by atoms with E-state index in [2.05, 4.69) is 243 Å². The Morgan fingerprint density at radius 2 is 1.01 bits per heavy atom. The van der Waals surface area contributed by atoms with Gasteiger partial charge in [0, 0.05) is 61.6 Å². The van der Waals surface area contributed by atoms with E-state index in [0.29, 0.717) is 0 Å². The molecule has 16 rings (SSSR count). The Balaban J connectivity index is 1.10. The summed E-state index contributed by atoms with van der Waals surface area (Å²) in [6.07, 6.45) is 9.40. The van der Waals surface area contributed by atoms with Crippen LogP contribution in [0.5, 0.6) is 0 Å². The number of hydrogen-bond acceptors (Lipinski definition) is 4. The van der Waals surface area contributed by atoms with Crippen LogP contribution in [-0.4, -0.2) is 12.3 Å². The smallest absolute Gasteiger partial charge is 0.252 e. The predicted octanol–water partition coefficient (Wildman–Crippen LogP) is 18.4. The fourth-order valence-electron chi connectivity index (χ4n) is 17.7. The van der Waals surface area contributed by atoms with Crippen molar-refractivity contribution in [3.05, 3.63) is 185 Å². The zero-order valence-corrected chi connectivity index (χ0v) is 49.3. The molecule has 2 unspecified atom stereocenters. The number of nitrogens with zero attached hydrogens (tertiary/aromatic N) is 3. The van der Waals surface area contributed by atoms with Gasteiger partial charge in [-0.05, 0) is 183 Å². The standard InChI is InChI=1S/C75H76BN3O/c1-69(2)36-37-70(3,4)53-40-45(30-31-50(53)69)77-60-44-55-54(71(5,6)38-39-72(55,7)8)43-57(60)76-56-33-32-52-65(47-22-13-15-24-49(47)73(52,9)10)68(56)78(59-27-21-29-64-66(59)48-23-14-18-28-63(48)80-64)62-42-46(41-61(77)67(62)76)79-58-26-17-16-25-51(58)74(11)34-19-20-35-75(74,79)12/h13-18,21-33,40-44H,19-20,34-39H2,1-12H3. The number of para-hydroxylation sites is 2. The summed E-state index contributed by atoms with van der Waals surface area (Å²) in [7, 11) is 0. The third-order valence-electron chi connectivity index (χ3n) is 22.7. The van der Waals surface area contributed by atoms with Gasteiger partial charge in [0.1, 0.15) is 11.2 Å². The van der Waals surface area contributed by atoms with Crippen LogP contribution in [0.25, 0.3) is 33.1 Å². The lowest BCUT2D eigenvalue weighted by atomic mass is 9.33. The number of furan rings is 1. The Kier molecular flexibility index (Phi) is 9.61. The second kappa shape index (κ2) is 15.7. The molecule has 8 aromatic carbocycles. The Bertz CT molecular complexity index is 4210. The van der Waals surface area contributed by atoms with Crippen LogP contribution in [0.2, 0.25) is 0 Å². The van der Waals surface area contributed by atoms with Gasteiger partial charge in [-0.15, -0.1) is 0 Å². The first-order valence-electron chi connectivity index (χ1n) is 30.3. The van der Waals surface area contributed by atoms with Crippen LogP contribution in [0.1, 0.15) is 173 Å². The highest BCUT2D eigenvalue weighted by molar-refractivity contribution is 7.00. The second-order valence-corrected chi connectivity index (χ2v) is 29.2. The summed E-state index contributed by atoms with van der Waals surface area (Å²) in [6, 6.07) is 57.8. The van der Waals surface area contributed by atoms with E-state index in [9.17, 15) is 0 Å². The Morgan fingerprint density at radius 3 is 1.77 bits per heavy atom. The number of hydrogen-bond donors (Lipinski definition) is 0. The van der Waals surface area contributed by atoms with Crippen LogP contribution in [0, 0.1) is 0 Å². The number of anilines is 8. The number of rotatable bonds is 3. The Hall–Kier alpha value is -6.98. The van der Waals surface area contributed by atoms with Crippen LogP contribution in [0.4, 0.5) is 45.5 Å². The number of benzene rings is 8. The minimum atomic E-state index is -0.210. The van der Waals surface area contributed by atoms with Crippen LogP contribution in [0.3, 0.4) is 0 Å². The van der Waals surface area contributed by atoms with E-state index in [1.54, 1.807) is 0 Å². The minimum Gasteiger partial charge on any atom is -0.456 e. The fraction of sp³-hybridized carbons (Fsp3) is 0.360. The molecule has 0 spiro atoms. The molecule has 4 aliphatic carbocycles. The molecule has 3 aliphatic heterocycles. The molecular weight excluding hydrogens is 970 g/mol. The molecule has 5 heteroatoms. The lowest BCUT2D eigenvalue weighted by Crippen LogP contribution is -2.62. The quantitative estimate of drug-likeness (QED) is 0.165. The van der Waals surface area contributed by atoms with Crippen molar-refractivity contribution in [2.45, 2.75) is 172 Å². The van der Waals surface area contributed by atoms with Crippen molar-refractivity contribution in [3.8, 4) is 11.1 Å². The van der Waals surface area contributed by atoms with E-state index in [4.69, 9.17) is 4.42 Å². The molecule has 0 N–H and O–H groups in total. The van der Waals surface area contributed by atoms with Gasteiger partial charge in [0.25, 0.3) is 6.71 Å². The Morgan fingerprint density at radius 1 is 0.412 bits per heavy atom. The molecule has 2 atom stereocenters. The van der Waals surface area contributed by atoms with Crippen molar-refractivity contribution < 1.29 is 4.42 Å². The van der Waals surface area contributed by atoms with E-state index >= 15 is 0 Å². The first-order chi connectivity index (χ1) is 38.1. The lowest BCUT2D eigenvalue weighted by Gasteiger charge is -2.51. The molecule has 1 aromatic heterocycles. The summed E-state index contributed by atoms with van der Waals surface area (Å²) in [4.78, 5) is 8.37. The molecule has 80 heavy (non-hydrogen) atoms. The van der Waals surface area contributed by atoms with Crippen LogP contribution in [0.15, 0.2) is 150 Å². The van der Waals surface area contributed by atoms with Crippen LogP contribution in [-0.2, 0) is 32.5 Å². The molecule has 4 heterocycles. The van der Waals surface area contributed by atoms with Gasteiger partial charge in [-0.1, -0.05) is 180 Å². The summed E-state index contributed by atoms with van der Waals surface area (Å²) < 4.78 is 6.89. The molecular formula is C75H76BN3O. The van der Waals surface area contributed by atoms with Gasteiger partial charge in [0.05, 0.1) is 16.6 Å². The first-order valence-corrected chi connectivity index (χ1v) is 30.3. The van der Waals surface area contributed by atoms with Crippen LogP contribution >= 0.6 is 0 Å². The maximum atomic E-state index is 6.89. The second-order valence-electron chi connectivity index (χ2n) is 29.2. The highest BCUT2D eigenvalue weighted by Crippen LogP contribution is 2.63. The largest absolute Gasteiger partial charge is 0.456 e. The SMILES string of the molecule is CC1(C)CCC(C)(C)c2cc(N3c4cc5c(cc4B4c6ccc7c(c6N(c6cccc8oc9ccccc9c68)c6cc(N8c9ccccc9C9(C)CCCCC89C)cc3c64)-c3ccccc3C7(C)C)C(C)(C)CCC5(C)C)ccc21. The average molecular weight is 1050 g/mol. The lowest BCUT2D eigenvalue weighted by molar-refractivity contribution is 0.195. The van der Waals surface area contributed by atoms with Crippen molar-refractivity contribution in [1.82, 2.24) is 0 Å².